The Morgan fingerprint density at radius 3 is 2.50 bits per heavy atom. The number of rotatable bonds is 3. The lowest BCUT2D eigenvalue weighted by molar-refractivity contribution is -0.142. The molecule has 0 aliphatic heterocycles. The standard InChI is InChI=1S/C12H14Cl2O2/c1-4-8(12(15)16-3)9-6-5-7(2)10(13)11(9)14/h5-6,8H,4H2,1-3H3. The first-order valence-corrected chi connectivity index (χ1v) is 5.80. The topological polar surface area (TPSA) is 26.3 Å². The molecule has 1 unspecified atom stereocenters. The van der Waals surface area contributed by atoms with Gasteiger partial charge in [0.2, 0.25) is 0 Å². The Hall–Kier alpha value is -0.730. The molecule has 0 spiro atoms. The molecular formula is C12H14Cl2O2. The minimum Gasteiger partial charge on any atom is -0.469 e. The van der Waals surface area contributed by atoms with Gasteiger partial charge in [0.15, 0.2) is 0 Å². The van der Waals surface area contributed by atoms with Gasteiger partial charge < -0.3 is 4.74 Å². The number of carbonyl (C=O) groups excluding carboxylic acids is 1. The Morgan fingerprint density at radius 2 is 2.00 bits per heavy atom. The first kappa shape index (κ1) is 13.3. The zero-order valence-corrected chi connectivity index (χ0v) is 11.0. The van der Waals surface area contributed by atoms with Crippen LogP contribution in [0.3, 0.4) is 0 Å². The molecule has 0 amide bonds. The molecule has 0 N–H and O–H groups in total. The molecule has 0 aliphatic carbocycles. The summed E-state index contributed by atoms with van der Waals surface area (Å²) in [5.74, 6) is -0.639. The fourth-order valence-electron chi connectivity index (χ4n) is 1.59. The number of ether oxygens (including phenoxy) is 1. The third-order valence-corrected chi connectivity index (χ3v) is 3.57. The zero-order chi connectivity index (χ0) is 12.3. The molecule has 2 nitrogen and oxygen atoms in total. The number of hydrogen-bond donors (Lipinski definition) is 0. The van der Waals surface area contributed by atoms with Gasteiger partial charge in [-0.15, -0.1) is 0 Å². The van der Waals surface area contributed by atoms with Crippen LogP contribution in [0.15, 0.2) is 12.1 Å². The van der Waals surface area contributed by atoms with Crippen molar-refractivity contribution in [2.75, 3.05) is 7.11 Å². The van der Waals surface area contributed by atoms with E-state index in [-0.39, 0.29) is 11.9 Å². The maximum atomic E-state index is 11.6. The van der Waals surface area contributed by atoms with Crippen LogP contribution in [0.4, 0.5) is 0 Å². The van der Waals surface area contributed by atoms with Crippen LogP contribution in [0.1, 0.15) is 30.4 Å². The molecule has 0 aliphatic rings. The Morgan fingerprint density at radius 1 is 1.38 bits per heavy atom. The van der Waals surface area contributed by atoms with E-state index in [1.165, 1.54) is 7.11 Å². The van der Waals surface area contributed by atoms with Gasteiger partial charge in [-0.2, -0.15) is 0 Å². The third-order valence-electron chi connectivity index (χ3n) is 2.57. The average Bonchev–Trinajstić information content (AvgIpc) is 2.29. The predicted molar refractivity (Wildman–Crippen MR) is 66.2 cm³/mol. The van der Waals surface area contributed by atoms with Crippen molar-refractivity contribution in [3.05, 3.63) is 33.3 Å². The second-order valence-electron chi connectivity index (χ2n) is 3.58. The Kier molecular flexibility index (Phi) is 4.63. The maximum absolute atomic E-state index is 11.6. The highest BCUT2D eigenvalue weighted by Crippen LogP contribution is 2.35. The summed E-state index contributed by atoms with van der Waals surface area (Å²) in [7, 11) is 1.37. The van der Waals surface area contributed by atoms with E-state index in [9.17, 15) is 4.79 Å². The summed E-state index contributed by atoms with van der Waals surface area (Å²) in [5, 5.41) is 0.945. The molecule has 4 heteroatoms. The zero-order valence-electron chi connectivity index (χ0n) is 9.51. The van der Waals surface area contributed by atoms with Gasteiger partial charge in [-0.25, -0.2) is 0 Å². The average molecular weight is 261 g/mol. The van der Waals surface area contributed by atoms with Crippen LogP contribution in [-0.2, 0) is 9.53 Å². The summed E-state index contributed by atoms with van der Waals surface area (Å²) in [5.41, 5.74) is 1.63. The number of methoxy groups -OCH3 is 1. The smallest absolute Gasteiger partial charge is 0.313 e. The largest absolute Gasteiger partial charge is 0.469 e. The first-order chi connectivity index (χ1) is 7.52. The van der Waals surface area contributed by atoms with E-state index in [0.717, 1.165) is 11.1 Å². The van der Waals surface area contributed by atoms with Crippen molar-refractivity contribution >= 4 is 29.2 Å². The van der Waals surface area contributed by atoms with Crippen LogP contribution >= 0.6 is 23.2 Å². The summed E-state index contributed by atoms with van der Waals surface area (Å²) in [6, 6.07) is 3.68. The van der Waals surface area contributed by atoms with Gasteiger partial charge in [0.25, 0.3) is 0 Å². The number of esters is 1. The van der Waals surface area contributed by atoms with Crippen LogP contribution in [0.25, 0.3) is 0 Å². The fraction of sp³-hybridized carbons (Fsp3) is 0.417. The fourth-order valence-corrected chi connectivity index (χ4v) is 2.10. The summed E-state index contributed by atoms with van der Waals surface area (Å²) in [4.78, 5) is 11.6. The molecule has 16 heavy (non-hydrogen) atoms. The van der Waals surface area contributed by atoms with Crippen molar-refractivity contribution in [3.63, 3.8) is 0 Å². The van der Waals surface area contributed by atoms with Crippen molar-refractivity contribution in [3.8, 4) is 0 Å². The summed E-state index contributed by atoms with van der Waals surface area (Å²) < 4.78 is 4.74. The molecular weight excluding hydrogens is 247 g/mol. The van der Waals surface area contributed by atoms with Crippen LogP contribution in [-0.4, -0.2) is 13.1 Å². The highest BCUT2D eigenvalue weighted by molar-refractivity contribution is 6.43. The Bertz CT molecular complexity index is 402. The molecule has 1 aromatic rings. The van der Waals surface area contributed by atoms with Crippen LogP contribution in [0, 0.1) is 6.92 Å². The lowest BCUT2D eigenvalue weighted by Gasteiger charge is -2.15. The van der Waals surface area contributed by atoms with Gasteiger partial charge >= 0.3 is 5.97 Å². The third kappa shape index (κ3) is 2.50. The van der Waals surface area contributed by atoms with E-state index >= 15 is 0 Å². The van der Waals surface area contributed by atoms with E-state index < -0.39 is 0 Å². The van der Waals surface area contributed by atoms with Crippen molar-refractivity contribution in [2.45, 2.75) is 26.2 Å². The number of benzene rings is 1. The number of halogens is 2. The maximum Gasteiger partial charge on any atom is 0.313 e. The molecule has 0 saturated heterocycles. The van der Waals surface area contributed by atoms with Gasteiger partial charge in [-0.3, -0.25) is 4.79 Å². The minimum atomic E-state index is -0.351. The SMILES string of the molecule is CCC(C(=O)OC)c1ccc(C)c(Cl)c1Cl. The minimum absolute atomic E-state index is 0.288. The summed E-state index contributed by atoms with van der Waals surface area (Å²) in [6.07, 6.45) is 0.631. The Balaban J connectivity index is 3.21. The number of aryl methyl sites for hydroxylation is 1. The first-order valence-electron chi connectivity index (χ1n) is 5.05. The number of hydrogen-bond acceptors (Lipinski definition) is 2. The molecule has 0 heterocycles. The molecule has 0 saturated carbocycles. The molecule has 0 bridgehead atoms. The van der Waals surface area contributed by atoms with Crippen LogP contribution < -0.4 is 0 Å². The highest BCUT2D eigenvalue weighted by Gasteiger charge is 2.23. The van der Waals surface area contributed by atoms with E-state index in [1.54, 1.807) is 0 Å². The van der Waals surface area contributed by atoms with Crippen molar-refractivity contribution in [2.24, 2.45) is 0 Å². The summed E-state index contributed by atoms with van der Waals surface area (Å²) in [6.45, 7) is 3.78. The molecule has 0 fully saturated rings. The lowest BCUT2D eigenvalue weighted by atomic mass is 9.95. The van der Waals surface area contributed by atoms with Crippen molar-refractivity contribution in [1.82, 2.24) is 0 Å². The van der Waals surface area contributed by atoms with E-state index in [2.05, 4.69) is 0 Å². The summed E-state index contributed by atoms with van der Waals surface area (Å²) >= 11 is 12.2. The lowest BCUT2D eigenvalue weighted by Crippen LogP contribution is -2.14. The molecule has 0 aromatic heterocycles. The van der Waals surface area contributed by atoms with Gasteiger partial charge in [0.1, 0.15) is 0 Å². The molecule has 1 aromatic carbocycles. The molecule has 1 atom stereocenters. The van der Waals surface area contributed by atoms with Gasteiger partial charge in [-0.1, -0.05) is 42.3 Å². The van der Waals surface area contributed by atoms with Gasteiger partial charge in [-0.05, 0) is 24.5 Å². The quantitative estimate of drug-likeness (QED) is 0.769. The van der Waals surface area contributed by atoms with Gasteiger partial charge in [0, 0.05) is 0 Å². The second kappa shape index (κ2) is 5.55. The van der Waals surface area contributed by atoms with E-state index in [0.29, 0.717) is 16.5 Å². The molecule has 88 valence electrons. The van der Waals surface area contributed by atoms with Crippen LogP contribution in [0.2, 0.25) is 10.0 Å². The van der Waals surface area contributed by atoms with E-state index in [1.807, 2.05) is 26.0 Å². The monoisotopic (exact) mass is 260 g/mol. The van der Waals surface area contributed by atoms with Crippen molar-refractivity contribution in [1.29, 1.82) is 0 Å². The highest BCUT2D eigenvalue weighted by atomic mass is 35.5. The predicted octanol–water partition coefficient (Wildman–Crippen LogP) is 3.97. The Labute approximate surface area is 106 Å². The normalized spacial score (nSPS) is 12.3. The van der Waals surface area contributed by atoms with Gasteiger partial charge in [0.05, 0.1) is 23.1 Å². The molecule has 1 rings (SSSR count). The van der Waals surface area contributed by atoms with E-state index in [4.69, 9.17) is 27.9 Å². The molecule has 0 radical (unpaired) electrons. The van der Waals surface area contributed by atoms with Crippen molar-refractivity contribution < 1.29 is 9.53 Å². The van der Waals surface area contributed by atoms with Crippen LogP contribution in [0.5, 0.6) is 0 Å². The number of carbonyl (C=O) groups is 1. The second-order valence-corrected chi connectivity index (χ2v) is 4.34.